The molecule has 2 atom stereocenters. The number of carbonyl (C=O) groups is 4. The first-order valence-corrected chi connectivity index (χ1v) is 8.25. The van der Waals surface area contributed by atoms with Crippen LogP contribution in [-0.2, 0) is 14.4 Å². The number of carboxylic acid groups (broad SMARTS) is 3. The molecule has 0 aliphatic rings. The summed E-state index contributed by atoms with van der Waals surface area (Å²) in [4.78, 5) is 44.7. The summed E-state index contributed by atoms with van der Waals surface area (Å²) in [6, 6.07) is 3.72. The Balaban J connectivity index is 2.81. The maximum Gasteiger partial charge on any atom is 0.326 e. The van der Waals surface area contributed by atoms with E-state index >= 15 is 0 Å². The van der Waals surface area contributed by atoms with Crippen LogP contribution in [0.1, 0.15) is 30.9 Å². The second-order valence-electron chi connectivity index (χ2n) is 5.15. The lowest BCUT2D eigenvalue weighted by atomic mass is 10.0. The first-order valence-electron chi connectivity index (χ1n) is 7.18. The van der Waals surface area contributed by atoms with Crippen LogP contribution >= 0.6 is 22.6 Å². The molecule has 1 rings (SSSR count). The third kappa shape index (κ3) is 7.83. The minimum absolute atomic E-state index is 0.287. The monoisotopic (exact) mass is 464 g/mol. The van der Waals surface area contributed by atoms with E-state index in [0.717, 1.165) is 3.57 Å². The summed E-state index contributed by atoms with van der Waals surface area (Å²) in [5.74, 6) is -3.69. The van der Waals surface area contributed by atoms with Crippen LogP contribution in [-0.4, -0.2) is 45.3 Å². The summed E-state index contributed by atoms with van der Waals surface area (Å²) in [5.41, 5.74) is 0.557. The minimum Gasteiger partial charge on any atom is -0.481 e. The molecule has 136 valence electrons. The molecule has 1 aromatic rings. The highest BCUT2D eigenvalue weighted by atomic mass is 127. The Morgan fingerprint density at radius 3 is 2.24 bits per heavy atom. The molecule has 0 heterocycles. The van der Waals surface area contributed by atoms with E-state index < -0.39 is 42.4 Å². The van der Waals surface area contributed by atoms with Crippen LogP contribution in [0.2, 0.25) is 0 Å². The number of nitrogens with one attached hydrogen (secondary N) is 2. The molecule has 0 saturated heterocycles. The number of rotatable bonds is 9. The lowest BCUT2D eigenvalue weighted by Crippen LogP contribution is -2.47. The summed E-state index contributed by atoms with van der Waals surface area (Å²) >= 11 is 2.04. The second-order valence-corrected chi connectivity index (χ2v) is 6.39. The fourth-order valence-electron chi connectivity index (χ4n) is 2.03. The normalized spacial score (nSPS) is 12.7. The number of urea groups is 1. The predicted molar refractivity (Wildman–Crippen MR) is 94.1 cm³/mol. The first-order chi connectivity index (χ1) is 11.7. The van der Waals surface area contributed by atoms with Gasteiger partial charge >= 0.3 is 23.9 Å². The Morgan fingerprint density at radius 2 is 1.72 bits per heavy atom. The minimum atomic E-state index is -1.39. The molecular formula is C15H17IN2O7. The summed E-state index contributed by atoms with van der Waals surface area (Å²) in [6.07, 6.45) is -1.10. The molecule has 0 saturated carbocycles. The molecule has 2 amide bonds. The van der Waals surface area contributed by atoms with Crippen LogP contribution in [0.3, 0.4) is 0 Å². The Hall–Kier alpha value is -2.37. The lowest BCUT2D eigenvalue weighted by molar-refractivity contribution is -0.141. The van der Waals surface area contributed by atoms with E-state index in [0.29, 0.717) is 5.56 Å². The van der Waals surface area contributed by atoms with Crippen molar-refractivity contribution in [3.63, 3.8) is 0 Å². The van der Waals surface area contributed by atoms with Crippen LogP contribution < -0.4 is 10.6 Å². The number of amides is 2. The zero-order chi connectivity index (χ0) is 19.0. The summed E-state index contributed by atoms with van der Waals surface area (Å²) < 4.78 is 0.845. The summed E-state index contributed by atoms with van der Waals surface area (Å²) in [7, 11) is 0. The smallest absolute Gasteiger partial charge is 0.326 e. The van der Waals surface area contributed by atoms with Gasteiger partial charge in [0.15, 0.2) is 0 Å². The number of aliphatic carboxylic acids is 3. The second kappa shape index (κ2) is 9.81. The fraction of sp³-hybridized carbons (Fsp3) is 0.333. The molecular weight excluding hydrogens is 447 g/mol. The van der Waals surface area contributed by atoms with Gasteiger partial charge in [0.05, 0.1) is 12.5 Å². The number of hydrogen-bond donors (Lipinski definition) is 5. The molecule has 1 unspecified atom stereocenters. The van der Waals surface area contributed by atoms with Gasteiger partial charge in [-0.3, -0.25) is 9.59 Å². The zero-order valence-electron chi connectivity index (χ0n) is 12.9. The van der Waals surface area contributed by atoms with Gasteiger partial charge < -0.3 is 26.0 Å². The SMILES string of the molecule is O=C(O)CC[C@H](NC(=O)NC(CC(=O)O)c1cccc(I)c1)C(=O)O. The highest BCUT2D eigenvalue weighted by molar-refractivity contribution is 14.1. The summed E-state index contributed by atoms with van der Waals surface area (Å²) in [5, 5.41) is 31.2. The topological polar surface area (TPSA) is 153 Å². The quantitative estimate of drug-likeness (QED) is 0.347. The molecule has 1 aromatic carbocycles. The van der Waals surface area contributed by atoms with Crippen molar-refractivity contribution in [1.82, 2.24) is 10.6 Å². The summed E-state index contributed by atoms with van der Waals surface area (Å²) in [6.45, 7) is 0. The molecule has 0 aromatic heterocycles. The van der Waals surface area contributed by atoms with Crippen molar-refractivity contribution in [2.24, 2.45) is 0 Å². The lowest BCUT2D eigenvalue weighted by Gasteiger charge is -2.20. The van der Waals surface area contributed by atoms with Crippen molar-refractivity contribution >= 4 is 46.5 Å². The van der Waals surface area contributed by atoms with Crippen LogP contribution in [0.25, 0.3) is 0 Å². The van der Waals surface area contributed by atoms with Crippen LogP contribution in [0.4, 0.5) is 4.79 Å². The molecule has 0 aliphatic carbocycles. The van der Waals surface area contributed by atoms with Crippen molar-refractivity contribution in [3.8, 4) is 0 Å². The average Bonchev–Trinajstić information content (AvgIpc) is 2.49. The number of carboxylic acids is 3. The van der Waals surface area contributed by atoms with Gasteiger partial charge in [-0.25, -0.2) is 9.59 Å². The molecule has 0 radical (unpaired) electrons. The van der Waals surface area contributed by atoms with Crippen molar-refractivity contribution in [2.75, 3.05) is 0 Å². The maximum atomic E-state index is 12.0. The van der Waals surface area contributed by atoms with E-state index in [-0.39, 0.29) is 12.8 Å². The van der Waals surface area contributed by atoms with E-state index in [2.05, 4.69) is 10.6 Å². The van der Waals surface area contributed by atoms with Crippen LogP contribution in [0.5, 0.6) is 0 Å². The Kier molecular flexibility index (Phi) is 8.11. The maximum absolute atomic E-state index is 12.0. The third-order valence-corrected chi connectivity index (χ3v) is 3.86. The van der Waals surface area contributed by atoms with Gasteiger partial charge in [0, 0.05) is 9.99 Å². The van der Waals surface area contributed by atoms with Crippen molar-refractivity contribution in [3.05, 3.63) is 33.4 Å². The Bertz CT molecular complexity index is 665. The molecule has 25 heavy (non-hydrogen) atoms. The highest BCUT2D eigenvalue weighted by Gasteiger charge is 2.24. The van der Waals surface area contributed by atoms with Gasteiger partial charge in [0.25, 0.3) is 0 Å². The van der Waals surface area contributed by atoms with E-state index in [1.165, 1.54) is 0 Å². The van der Waals surface area contributed by atoms with Gasteiger partial charge in [-0.1, -0.05) is 12.1 Å². The fourth-order valence-corrected chi connectivity index (χ4v) is 2.60. The van der Waals surface area contributed by atoms with E-state index in [1.54, 1.807) is 24.3 Å². The first kappa shape index (κ1) is 20.7. The third-order valence-electron chi connectivity index (χ3n) is 3.19. The molecule has 0 fully saturated rings. The van der Waals surface area contributed by atoms with Gasteiger partial charge in [-0.2, -0.15) is 0 Å². The number of carbonyl (C=O) groups excluding carboxylic acids is 1. The highest BCUT2D eigenvalue weighted by Crippen LogP contribution is 2.19. The standard InChI is InChI=1S/C15H17IN2O7/c16-9-3-1-2-8(6-9)11(7-13(21)22)18-15(25)17-10(14(23)24)4-5-12(19)20/h1-3,6,10-11H,4-5,7H2,(H,19,20)(H,21,22)(H,23,24)(H2,17,18,25)/t10-,11?/m0/s1. The van der Waals surface area contributed by atoms with Crippen LogP contribution in [0, 0.1) is 3.57 Å². The molecule has 9 nitrogen and oxygen atoms in total. The van der Waals surface area contributed by atoms with Gasteiger partial charge in [-0.15, -0.1) is 0 Å². The molecule has 5 N–H and O–H groups in total. The zero-order valence-corrected chi connectivity index (χ0v) is 15.1. The number of benzene rings is 1. The molecule has 0 aliphatic heterocycles. The van der Waals surface area contributed by atoms with E-state index in [4.69, 9.17) is 15.3 Å². The predicted octanol–water partition coefficient (Wildman–Crippen LogP) is 1.42. The number of halogens is 1. The molecule has 0 bridgehead atoms. The van der Waals surface area contributed by atoms with E-state index in [1.807, 2.05) is 22.6 Å². The van der Waals surface area contributed by atoms with E-state index in [9.17, 15) is 19.2 Å². The average molecular weight is 464 g/mol. The van der Waals surface area contributed by atoms with Gasteiger partial charge in [0.2, 0.25) is 0 Å². The van der Waals surface area contributed by atoms with Gasteiger partial charge in [0.1, 0.15) is 6.04 Å². The van der Waals surface area contributed by atoms with Crippen molar-refractivity contribution in [2.45, 2.75) is 31.3 Å². The van der Waals surface area contributed by atoms with Crippen LogP contribution in [0.15, 0.2) is 24.3 Å². The largest absolute Gasteiger partial charge is 0.481 e. The number of hydrogen-bond acceptors (Lipinski definition) is 4. The van der Waals surface area contributed by atoms with Crippen molar-refractivity contribution < 1.29 is 34.5 Å². The Labute approximate surface area is 156 Å². The molecule has 0 spiro atoms. The molecule has 10 heteroatoms. The van der Waals surface area contributed by atoms with Crippen molar-refractivity contribution in [1.29, 1.82) is 0 Å². The van der Waals surface area contributed by atoms with Gasteiger partial charge in [-0.05, 0) is 46.7 Å². The Morgan fingerprint density at radius 1 is 1.04 bits per heavy atom.